The van der Waals surface area contributed by atoms with Crippen LogP contribution in [0.5, 0.6) is 0 Å². The predicted octanol–water partition coefficient (Wildman–Crippen LogP) is 3.12. The maximum absolute atomic E-state index is 5.74. The monoisotopic (exact) mass is 487 g/mol. The first-order valence-corrected chi connectivity index (χ1v) is 10.0. The second kappa shape index (κ2) is 11.7. The molecule has 0 amide bonds. The van der Waals surface area contributed by atoms with E-state index < -0.39 is 0 Å². The Morgan fingerprint density at radius 3 is 2.74 bits per heavy atom. The van der Waals surface area contributed by atoms with E-state index in [0.29, 0.717) is 6.54 Å². The number of aromatic nitrogens is 1. The first kappa shape index (κ1) is 22.2. The van der Waals surface area contributed by atoms with Gasteiger partial charge in [-0.05, 0) is 50.2 Å². The van der Waals surface area contributed by atoms with Gasteiger partial charge in [0, 0.05) is 46.0 Å². The van der Waals surface area contributed by atoms with Gasteiger partial charge in [0.1, 0.15) is 5.82 Å². The topological polar surface area (TPSA) is 53.0 Å². The number of rotatable bonds is 9. The van der Waals surface area contributed by atoms with Gasteiger partial charge in [-0.3, -0.25) is 0 Å². The SMILES string of the molecule is CCNC(=NCc1ccc(N2CCCC2)nc1)N(C)CCOCC1CC1.I. The average molecular weight is 487 g/mol. The Morgan fingerprint density at radius 2 is 2.11 bits per heavy atom. The Bertz CT molecular complexity index is 570. The van der Waals surface area contributed by atoms with Crippen molar-refractivity contribution in [1.82, 2.24) is 15.2 Å². The normalized spacial score (nSPS) is 17.0. The Balaban J connectivity index is 0.00000261. The van der Waals surface area contributed by atoms with E-state index in [-0.39, 0.29) is 24.0 Å². The number of hydrogen-bond donors (Lipinski definition) is 1. The number of anilines is 1. The molecule has 0 spiro atoms. The zero-order valence-electron chi connectivity index (χ0n) is 16.7. The van der Waals surface area contributed by atoms with Crippen molar-refractivity contribution < 1.29 is 4.74 Å². The number of nitrogens with zero attached hydrogens (tertiary/aromatic N) is 4. The third kappa shape index (κ3) is 7.44. The van der Waals surface area contributed by atoms with Crippen LogP contribution in [0.4, 0.5) is 5.82 Å². The first-order valence-electron chi connectivity index (χ1n) is 10.0. The second-order valence-electron chi connectivity index (χ2n) is 7.33. The molecule has 1 saturated heterocycles. The summed E-state index contributed by atoms with van der Waals surface area (Å²) in [6.07, 6.45) is 7.18. The molecule has 2 fully saturated rings. The van der Waals surface area contributed by atoms with Crippen LogP contribution in [0.2, 0.25) is 0 Å². The fourth-order valence-electron chi connectivity index (χ4n) is 3.12. The maximum atomic E-state index is 5.74. The number of guanidine groups is 1. The highest BCUT2D eigenvalue weighted by Gasteiger charge is 2.21. The molecule has 6 nitrogen and oxygen atoms in total. The van der Waals surface area contributed by atoms with Crippen LogP contribution in [-0.4, -0.2) is 62.3 Å². The summed E-state index contributed by atoms with van der Waals surface area (Å²) >= 11 is 0. The molecule has 2 aliphatic rings. The summed E-state index contributed by atoms with van der Waals surface area (Å²) in [5.41, 5.74) is 1.14. The standard InChI is InChI=1S/C20H33N5O.HI/c1-3-21-20(24(2)12-13-26-16-17-6-7-17)23-15-18-8-9-19(22-14-18)25-10-4-5-11-25;/h8-9,14,17H,3-7,10-13,15-16H2,1-2H3,(H,21,23);1H. The zero-order valence-corrected chi connectivity index (χ0v) is 19.0. The van der Waals surface area contributed by atoms with Crippen LogP contribution >= 0.6 is 24.0 Å². The van der Waals surface area contributed by atoms with Gasteiger partial charge in [-0.25, -0.2) is 9.98 Å². The summed E-state index contributed by atoms with van der Waals surface area (Å²) < 4.78 is 5.74. The lowest BCUT2D eigenvalue weighted by Crippen LogP contribution is -2.40. The molecule has 27 heavy (non-hydrogen) atoms. The van der Waals surface area contributed by atoms with Crippen molar-refractivity contribution in [3.63, 3.8) is 0 Å². The molecule has 0 atom stereocenters. The predicted molar refractivity (Wildman–Crippen MR) is 122 cm³/mol. The van der Waals surface area contributed by atoms with E-state index in [1.54, 1.807) is 0 Å². The molecule has 1 aromatic heterocycles. The van der Waals surface area contributed by atoms with Gasteiger partial charge in [0.05, 0.1) is 13.2 Å². The van der Waals surface area contributed by atoms with Crippen molar-refractivity contribution in [2.24, 2.45) is 10.9 Å². The van der Waals surface area contributed by atoms with Crippen molar-refractivity contribution in [2.75, 3.05) is 51.3 Å². The molecule has 1 N–H and O–H groups in total. The number of ether oxygens (including phenoxy) is 1. The first-order chi connectivity index (χ1) is 12.8. The molecule has 0 aromatic carbocycles. The molecule has 0 radical (unpaired) electrons. The lowest BCUT2D eigenvalue weighted by atomic mass is 10.3. The fourth-order valence-corrected chi connectivity index (χ4v) is 3.12. The molecule has 2 heterocycles. The summed E-state index contributed by atoms with van der Waals surface area (Å²) in [5, 5.41) is 3.36. The third-order valence-electron chi connectivity index (χ3n) is 4.97. The quantitative estimate of drug-likeness (QED) is 0.251. The van der Waals surface area contributed by atoms with Crippen molar-refractivity contribution in [1.29, 1.82) is 0 Å². The minimum atomic E-state index is 0. The van der Waals surface area contributed by atoms with Gasteiger partial charge >= 0.3 is 0 Å². The summed E-state index contributed by atoms with van der Waals surface area (Å²) in [6.45, 7) is 8.37. The molecule has 1 saturated carbocycles. The van der Waals surface area contributed by atoms with Crippen LogP contribution in [0.25, 0.3) is 0 Å². The highest BCUT2D eigenvalue weighted by Crippen LogP contribution is 2.28. The van der Waals surface area contributed by atoms with Crippen molar-refractivity contribution in [2.45, 2.75) is 39.2 Å². The average Bonchev–Trinajstić information content (AvgIpc) is 3.33. The van der Waals surface area contributed by atoms with Crippen molar-refractivity contribution in [3.8, 4) is 0 Å². The lowest BCUT2D eigenvalue weighted by Gasteiger charge is -2.22. The van der Waals surface area contributed by atoms with E-state index in [4.69, 9.17) is 9.73 Å². The molecule has 3 rings (SSSR count). The third-order valence-corrected chi connectivity index (χ3v) is 4.97. The van der Waals surface area contributed by atoms with Gasteiger partial charge in [0.2, 0.25) is 0 Å². The molecule has 0 unspecified atom stereocenters. The van der Waals surface area contributed by atoms with Crippen molar-refractivity contribution >= 4 is 35.8 Å². The molecule has 7 heteroatoms. The van der Waals surface area contributed by atoms with E-state index in [0.717, 1.165) is 62.7 Å². The van der Waals surface area contributed by atoms with Gasteiger partial charge in [0.15, 0.2) is 5.96 Å². The number of pyridine rings is 1. The van der Waals surface area contributed by atoms with Crippen LogP contribution in [0.15, 0.2) is 23.3 Å². The van der Waals surface area contributed by atoms with Gasteiger partial charge in [-0.15, -0.1) is 24.0 Å². The largest absolute Gasteiger partial charge is 0.379 e. The van der Waals surface area contributed by atoms with E-state index in [1.807, 2.05) is 6.20 Å². The van der Waals surface area contributed by atoms with Crippen LogP contribution in [0, 0.1) is 5.92 Å². The minimum absolute atomic E-state index is 0. The Labute approximate surface area is 180 Å². The van der Waals surface area contributed by atoms with Crippen LogP contribution < -0.4 is 10.2 Å². The van der Waals surface area contributed by atoms with Gasteiger partial charge in [-0.1, -0.05) is 6.07 Å². The number of hydrogen-bond acceptors (Lipinski definition) is 4. The molecule has 1 aliphatic carbocycles. The molecule has 0 bridgehead atoms. The fraction of sp³-hybridized carbons (Fsp3) is 0.700. The summed E-state index contributed by atoms with van der Waals surface area (Å²) in [5.74, 6) is 2.83. The lowest BCUT2D eigenvalue weighted by molar-refractivity contribution is 0.115. The summed E-state index contributed by atoms with van der Waals surface area (Å²) in [6, 6.07) is 4.27. The van der Waals surface area contributed by atoms with E-state index in [1.165, 1.54) is 25.7 Å². The number of aliphatic imine (C=N–C) groups is 1. The van der Waals surface area contributed by atoms with Gasteiger partial charge in [0.25, 0.3) is 0 Å². The smallest absolute Gasteiger partial charge is 0.194 e. The number of nitrogens with one attached hydrogen (secondary N) is 1. The summed E-state index contributed by atoms with van der Waals surface area (Å²) in [4.78, 5) is 13.9. The number of likely N-dealkylation sites (N-methyl/N-ethyl adjacent to an activating group) is 1. The van der Waals surface area contributed by atoms with Crippen LogP contribution in [0.1, 0.15) is 38.2 Å². The van der Waals surface area contributed by atoms with Crippen LogP contribution in [-0.2, 0) is 11.3 Å². The Hall–Kier alpha value is -1.09. The van der Waals surface area contributed by atoms with E-state index >= 15 is 0 Å². The maximum Gasteiger partial charge on any atom is 0.194 e. The van der Waals surface area contributed by atoms with E-state index in [9.17, 15) is 0 Å². The van der Waals surface area contributed by atoms with Gasteiger partial charge in [-0.2, -0.15) is 0 Å². The minimum Gasteiger partial charge on any atom is -0.379 e. The van der Waals surface area contributed by atoms with Crippen molar-refractivity contribution in [3.05, 3.63) is 23.9 Å². The highest BCUT2D eigenvalue weighted by molar-refractivity contribution is 14.0. The molecule has 1 aromatic rings. The molecule has 1 aliphatic heterocycles. The Morgan fingerprint density at radius 1 is 1.33 bits per heavy atom. The highest BCUT2D eigenvalue weighted by atomic mass is 127. The van der Waals surface area contributed by atoms with Crippen LogP contribution in [0.3, 0.4) is 0 Å². The summed E-state index contributed by atoms with van der Waals surface area (Å²) in [7, 11) is 2.07. The molecular formula is C20H34IN5O. The second-order valence-corrected chi connectivity index (χ2v) is 7.33. The Kier molecular flexibility index (Phi) is 9.61. The van der Waals surface area contributed by atoms with Gasteiger partial charge < -0.3 is 19.9 Å². The zero-order chi connectivity index (χ0) is 18.2. The molecule has 152 valence electrons. The van der Waals surface area contributed by atoms with E-state index in [2.05, 4.69) is 46.2 Å². The number of halogens is 1. The molecular weight excluding hydrogens is 453 g/mol.